The highest BCUT2D eigenvalue weighted by atomic mass is 19.1. The van der Waals surface area contributed by atoms with E-state index in [9.17, 15) is 13.6 Å². The van der Waals surface area contributed by atoms with Crippen LogP contribution in [0.1, 0.15) is 30.6 Å². The van der Waals surface area contributed by atoms with Crippen molar-refractivity contribution in [3.8, 4) is 0 Å². The molecule has 2 rings (SSSR count). The van der Waals surface area contributed by atoms with Gasteiger partial charge in [-0.2, -0.15) is 0 Å². The average molecular weight is 267 g/mol. The number of hydrogen-bond acceptors (Lipinski definition) is 2. The third-order valence-corrected chi connectivity index (χ3v) is 3.86. The van der Waals surface area contributed by atoms with Crippen molar-refractivity contribution < 1.29 is 13.6 Å². The highest BCUT2D eigenvalue weighted by Gasteiger charge is 2.27. The Hall–Kier alpha value is -1.29. The summed E-state index contributed by atoms with van der Waals surface area (Å²) in [6.45, 7) is 6.07. The van der Waals surface area contributed by atoms with Gasteiger partial charge in [0, 0.05) is 6.54 Å². The van der Waals surface area contributed by atoms with E-state index >= 15 is 0 Å². The standard InChI is InChI=1S/C15H19F2NO/c1-10(2)11-6-7-18(8-11)9-14(19)15-12(16)4-3-5-13(15)17/h3-5,10-11H,6-9H2,1-2H3. The van der Waals surface area contributed by atoms with Crippen LogP contribution in [0.2, 0.25) is 0 Å². The van der Waals surface area contributed by atoms with Crippen LogP contribution in [-0.4, -0.2) is 30.3 Å². The molecule has 1 unspecified atom stereocenters. The predicted octanol–water partition coefficient (Wildman–Crippen LogP) is 3.13. The van der Waals surface area contributed by atoms with E-state index in [1.165, 1.54) is 6.07 Å². The van der Waals surface area contributed by atoms with Crippen molar-refractivity contribution in [2.75, 3.05) is 19.6 Å². The van der Waals surface area contributed by atoms with Crippen molar-refractivity contribution in [2.45, 2.75) is 20.3 Å². The highest BCUT2D eigenvalue weighted by Crippen LogP contribution is 2.24. The van der Waals surface area contributed by atoms with Gasteiger partial charge in [0.15, 0.2) is 5.78 Å². The number of halogens is 2. The minimum absolute atomic E-state index is 0.0983. The zero-order valence-corrected chi connectivity index (χ0v) is 11.3. The topological polar surface area (TPSA) is 20.3 Å². The molecule has 1 heterocycles. The third kappa shape index (κ3) is 3.18. The minimum atomic E-state index is -0.774. The molecule has 2 nitrogen and oxygen atoms in total. The second kappa shape index (κ2) is 5.78. The number of benzene rings is 1. The number of carbonyl (C=O) groups is 1. The smallest absolute Gasteiger partial charge is 0.182 e. The van der Waals surface area contributed by atoms with E-state index < -0.39 is 23.0 Å². The van der Waals surface area contributed by atoms with Crippen molar-refractivity contribution in [2.24, 2.45) is 11.8 Å². The van der Waals surface area contributed by atoms with Gasteiger partial charge in [-0.3, -0.25) is 9.69 Å². The van der Waals surface area contributed by atoms with Gasteiger partial charge in [-0.15, -0.1) is 0 Å². The van der Waals surface area contributed by atoms with Gasteiger partial charge in [0.05, 0.1) is 12.1 Å². The molecule has 1 saturated heterocycles. The largest absolute Gasteiger partial charge is 0.296 e. The number of likely N-dealkylation sites (tertiary alicyclic amines) is 1. The first kappa shape index (κ1) is 14.1. The van der Waals surface area contributed by atoms with Gasteiger partial charge in [-0.25, -0.2) is 8.78 Å². The summed E-state index contributed by atoms with van der Waals surface area (Å²) in [6, 6.07) is 3.51. The van der Waals surface area contributed by atoms with Crippen LogP contribution in [0.3, 0.4) is 0 Å². The first-order valence-electron chi connectivity index (χ1n) is 6.68. The fourth-order valence-corrected chi connectivity index (χ4v) is 2.60. The number of Topliss-reactive ketones (excluding diaryl/α,β-unsaturated/α-hetero) is 1. The fraction of sp³-hybridized carbons (Fsp3) is 0.533. The molecule has 1 aliphatic rings. The zero-order chi connectivity index (χ0) is 14.0. The lowest BCUT2D eigenvalue weighted by Gasteiger charge is -2.17. The van der Waals surface area contributed by atoms with Crippen LogP contribution < -0.4 is 0 Å². The van der Waals surface area contributed by atoms with Crippen molar-refractivity contribution in [1.82, 2.24) is 4.90 Å². The Balaban J connectivity index is 2.03. The molecule has 19 heavy (non-hydrogen) atoms. The van der Waals surface area contributed by atoms with Gasteiger partial charge in [0.2, 0.25) is 0 Å². The molecule has 0 amide bonds. The quantitative estimate of drug-likeness (QED) is 0.781. The molecule has 0 spiro atoms. The second-order valence-corrected chi connectivity index (χ2v) is 5.55. The van der Waals surface area contributed by atoms with E-state index in [1.807, 2.05) is 4.90 Å². The summed E-state index contributed by atoms with van der Waals surface area (Å²) in [4.78, 5) is 14.0. The molecule has 0 aliphatic carbocycles. The SMILES string of the molecule is CC(C)C1CCN(CC(=O)c2c(F)cccc2F)C1. The normalized spacial score (nSPS) is 20.2. The van der Waals surface area contributed by atoms with Crippen LogP contribution in [-0.2, 0) is 0 Å². The zero-order valence-electron chi connectivity index (χ0n) is 11.3. The average Bonchev–Trinajstić information content (AvgIpc) is 2.77. The molecule has 1 atom stereocenters. The molecular formula is C15H19F2NO. The van der Waals surface area contributed by atoms with Crippen LogP contribution in [0.5, 0.6) is 0 Å². The summed E-state index contributed by atoms with van der Waals surface area (Å²) in [5.41, 5.74) is -0.407. The first-order chi connectivity index (χ1) is 8.99. The Bertz CT molecular complexity index is 453. The van der Waals surface area contributed by atoms with Crippen molar-refractivity contribution >= 4 is 5.78 Å². The summed E-state index contributed by atoms with van der Waals surface area (Å²) in [6.07, 6.45) is 1.05. The van der Waals surface area contributed by atoms with E-state index in [0.29, 0.717) is 11.8 Å². The molecule has 0 saturated carbocycles. The summed E-state index contributed by atoms with van der Waals surface area (Å²) in [5, 5.41) is 0. The fourth-order valence-electron chi connectivity index (χ4n) is 2.60. The van der Waals surface area contributed by atoms with Crippen molar-refractivity contribution in [3.63, 3.8) is 0 Å². The molecule has 1 fully saturated rings. The maximum atomic E-state index is 13.5. The van der Waals surface area contributed by atoms with Crippen LogP contribution in [0.4, 0.5) is 8.78 Å². The van der Waals surface area contributed by atoms with Gasteiger partial charge in [0.1, 0.15) is 11.6 Å². The molecule has 1 aromatic carbocycles. The molecule has 1 aromatic rings. The summed E-state index contributed by atoms with van der Waals surface area (Å²) < 4.78 is 27.0. The highest BCUT2D eigenvalue weighted by molar-refractivity contribution is 5.98. The lowest BCUT2D eigenvalue weighted by Crippen LogP contribution is -2.29. The first-order valence-corrected chi connectivity index (χ1v) is 6.68. The van der Waals surface area contributed by atoms with E-state index in [4.69, 9.17) is 0 Å². The Morgan fingerprint density at radius 1 is 1.37 bits per heavy atom. The molecule has 0 bridgehead atoms. The number of carbonyl (C=O) groups excluding carboxylic acids is 1. The monoisotopic (exact) mass is 267 g/mol. The molecule has 104 valence electrons. The van der Waals surface area contributed by atoms with E-state index in [1.54, 1.807) is 0 Å². The van der Waals surface area contributed by atoms with Gasteiger partial charge in [-0.1, -0.05) is 19.9 Å². The molecule has 0 aromatic heterocycles. The van der Waals surface area contributed by atoms with Crippen LogP contribution in [0.25, 0.3) is 0 Å². The number of hydrogen-bond donors (Lipinski definition) is 0. The van der Waals surface area contributed by atoms with Gasteiger partial charge < -0.3 is 0 Å². The Morgan fingerprint density at radius 2 is 2.00 bits per heavy atom. The summed E-state index contributed by atoms with van der Waals surface area (Å²) >= 11 is 0. The second-order valence-electron chi connectivity index (χ2n) is 5.55. The molecule has 0 N–H and O–H groups in total. The minimum Gasteiger partial charge on any atom is -0.296 e. The van der Waals surface area contributed by atoms with E-state index in [0.717, 1.165) is 31.6 Å². The molecule has 0 radical (unpaired) electrons. The maximum absolute atomic E-state index is 13.5. The van der Waals surface area contributed by atoms with E-state index in [-0.39, 0.29) is 6.54 Å². The number of nitrogens with zero attached hydrogens (tertiary/aromatic N) is 1. The predicted molar refractivity (Wildman–Crippen MR) is 70.1 cm³/mol. The lowest BCUT2D eigenvalue weighted by molar-refractivity contribution is 0.0933. The Morgan fingerprint density at radius 3 is 2.53 bits per heavy atom. The Kier molecular flexibility index (Phi) is 4.30. The van der Waals surface area contributed by atoms with Crippen molar-refractivity contribution in [3.05, 3.63) is 35.4 Å². The van der Waals surface area contributed by atoms with Crippen LogP contribution >= 0.6 is 0 Å². The molecule has 1 aliphatic heterocycles. The van der Waals surface area contributed by atoms with Crippen LogP contribution in [0.15, 0.2) is 18.2 Å². The van der Waals surface area contributed by atoms with Gasteiger partial charge >= 0.3 is 0 Å². The third-order valence-electron chi connectivity index (χ3n) is 3.86. The van der Waals surface area contributed by atoms with E-state index in [2.05, 4.69) is 13.8 Å². The number of ketones is 1. The molecular weight excluding hydrogens is 248 g/mol. The summed E-state index contributed by atoms with van der Waals surface area (Å²) in [7, 11) is 0. The van der Waals surface area contributed by atoms with Crippen LogP contribution in [0, 0.1) is 23.5 Å². The van der Waals surface area contributed by atoms with Gasteiger partial charge in [0.25, 0.3) is 0 Å². The Labute approximate surface area is 112 Å². The lowest BCUT2D eigenvalue weighted by atomic mass is 9.95. The maximum Gasteiger partial charge on any atom is 0.182 e. The molecule has 4 heteroatoms. The van der Waals surface area contributed by atoms with Crippen molar-refractivity contribution in [1.29, 1.82) is 0 Å². The number of rotatable bonds is 4. The summed E-state index contributed by atoms with van der Waals surface area (Å²) in [5.74, 6) is -0.877. The van der Waals surface area contributed by atoms with Gasteiger partial charge in [-0.05, 0) is 36.9 Å².